The SMILES string of the molecule is O=C(O)CCCCC(=O)NCc1cccc(-c2ccc([C@@H]3O[C@H](CSc4ncccn4)C[C@H](c4ccc(CO)cc4)O3)cc2)c1. The van der Waals surface area contributed by atoms with Crippen LogP contribution >= 0.6 is 11.8 Å². The average molecular weight is 628 g/mol. The van der Waals surface area contributed by atoms with Gasteiger partial charge in [0.15, 0.2) is 11.4 Å². The maximum atomic E-state index is 12.2. The minimum Gasteiger partial charge on any atom is -0.481 e. The molecule has 1 aromatic heterocycles. The molecule has 3 atom stereocenters. The normalized spacial score (nSPS) is 17.9. The molecule has 234 valence electrons. The highest BCUT2D eigenvalue weighted by atomic mass is 32.2. The predicted octanol–water partition coefficient (Wildman–Crippen LogP) is 6.23. The lowest BCUT2D eigenvalue weighted by atomic mass is 9.99. The monoisotopic (exact) mass is 627 g/mol. The summed E-state index contributed by atoms with van der Waals surface area (Å²) in [5, 5.41) is 21.8. The van der Waals surface area contributed by atoms with Crippen LogP contribution in [0.3, 0.4) is 0 Å². The number of carboxylic acid groups (broad SMARTS) is 1. The number of carbonyl (C=O) groups excluding carboxylic acids is 1. The van der Waals surface area contributed by atoms with E-state index in [1.807, 2.05) is 66.7 Å². The van der Waals surface area contributed by atoms with Gasteiger partial charge in [-0.05, 0) is 52.8 Å². The van der Waals surface area contributed by atoms with Crippen LogP contribution < -0.4 is 5.32 Å². The fraction of sp³-hybridized carbons (Fsp3) is 0.314. The molecule has 3 aromatic carbocycles. The Morgan fingerprint density at radius 2 is 1.58 bits per heavy atom. The van der Waals surface area contributed by atoms with E-state index in [0.29, 0.717) is 43.1 Å². The lowest BCUT2D eigenvalue weighted by Gasteiger charge is -2.36. The Bertz CT molecular complexity index is 1540. The Morgan fingerprint density at radius 3 is 2.31 bits per heavy atom. The van der Waals surface area contributed by atoms with E-state index in [4.69, 9.17) is 14.6 Å². The Morgan fingerprint density at radius 1 is 0.844 bits per heavy atom. The molecular weight excluding hydrogens is 590 g/mol. The first-order valence-electron chi connectivity index (χ1n) is 15.0. The molecule has 10 heteroatoms. The second-order valence-corrected chi connectivity index (χ2v) is 11.9. The number of hydrogen-bond donors (Lipinski definition) is 3. The topological polar surface area (TPSA) is 131 Å². The maximum Gasteiger partial charge on any atom is 0.303 e. The van der Waals surface area contributed by atoms with Crippen molar-refractivity contribution in [2.75, 3.05) is 5.75 Å². The zero-order chi connectivity index (χ0) is 31.4. The van der Waals surface area contributed by atoms with Gasteiger partial charge in [0.05, 0.1) is 18.8 Å². The Kier molecular flexibility index (Phi) is 11.7. The maximum absolute atomic E-state index is 12.2. The molecule has 2 heterocycles. The van der Waals surface area contributed by atoms with Crippen molar-refractivity contribution in [2.24, 2.45) is 0 Å². The highest BCUT2D eigenvalue weighted by Gasteiger charge is 2.32. The van der Waals surface area contributed by atoms with Crippen LogP contribution in [0.2, 0.25) is 0 Å². The number of aliphatic hydroxyl groups excluding tert-OH is 1. The molecule has 1 fully saturated rings. The third kappa shape index (κ3) is 9.70. The number of benzene rings is 3. The van der Waals surface area contributed by atoms with E-state index in [1.54, 1.807) is 30.2 Å². The van der Waals surface area contributed by atoms with Gasteiger partial charge < -0.3 is 25.0 Å². The van der Waals surface area contributed by atoms with Crippen molar-refractivity contribution in [3.63, 3.8) is 0 Å². The summed E-state index contributed by atoms with van der Waals surface area (Å²) < 4.78 is 12.9. The predicted molar refractivity (Wildman–Crippen MR) is 171 cm³/mol. The summed E-state index contributed by atoms with van der Waals surface area (Å²) in [4.78, 5) is 31.5. The fourth-order valence-corrected chi connectivity index (χ4v) is 5.91. The molecule has 45 heavy (non-hydrogen) atoms. The van der Waals surface area contributed by atoms with Crippen molar-refractivity contribution in [2.45, 2.75) is 68.9 Å². The molecule has 0 unspecified atom stereocenters. The number of aliphatic carboxylic acids is 1. The molecule has 0 aliphatic carbocycles. The molecule has 5 rings (SSSR count). The van der Waals surface area contributed by atoms with E-state index in [-0.39, 0.29) is 31.1 Å². The summed E-state index contributed by atoms with van der Waals surface area (Å²) in [7, 11) is 0. The van der Waals surface area contributed by atoms with Gasteiger partial charge >= 0.3 is 5.97 Å². The van der Waals surface area contributed by atoms with Gasteiger partial charge in [0.25, 0.3) is 0 Å². The first-order chi connectivity index (χ1) is 22.0. The smallest absolute Gasteiger partial charge is 0.303 e. The van der Waals surface area contributed by atoms with E-state index in [2.05, 4.69) is 21.4 Å². The molecule has 0 spiro atoms. The summed E-state index contributed by atoms with van der Waals surface area (Å²) >= 11 is 1.56. The van der Waals surface area contributed by atoms with Crippen molar-refractivity contribution in [3.05, 3.63) is 114 Å². The number of carbonyl (C=O) groups is 2. The largest absolute Gasteiger partial charge is 0.481 e. The molecule has 0 saturated carbocycles. The average Bonchev–Trinajstić information content (AvgIpc) is 3.09. The zero-order valence-corrected chi connectivity index (χ0v) is 25.7. The molecule has 1 saturated heterocycles. The summed E-state index contributed by atoms with van der Waals surface area (Å²) in [5.74, 6) is -0.247. The number of nitrogens with one attached hydrogen (secondary N) is 1. The molecule has 1 aliphatic heterocycles. The number of hydrogen-bond acceptors (Lipinski definition) is 8. The lowest BCUT2D eigenvalue weighted by Crippen LogP contribution is -2.31. The van der Waals surface area contributed by atoms with E-state index in [9.17, 15) is 14.7 Å². The van der Waals surface area contributed by atoms with Crippen molar-refractivity contribution in [3.8, 4) is 11.1 Å². The number of unbranched alkanes of at least 4 members (excludes halogenated alkanes) is 1. The van der Waals surface area contributed by atoms with E-state index < -0.39 is 12.3 Å². The minimum absolute atomic E-state index is 0.00600. The van der Waals surface area contributed by atoms with Crippen molar-refractivity contribution < 1.29 is 29.3 Å². The number of thioether (sulfide) groups is 1. The third-order valence-electron chi connectivity index (χ3n) is 7.53. The van der Waals surface area contributed by atoms with E-state index in [0.717, 1.165) is 33.4 Å². The van der Waals surface area contributed by atoms with Crippen LogP contribution in [0.15, 0.2) is 96.4 Å². The highest BCUT2D eigenvalue weighted by Crippen LogP contribution is 2.39. The Labute approximate surface area is 267 Å². The van der Waals surface area contributed by atoms with Crippen LogP contribution in [0.4, 0.5) is 0 Å². The molecule has 1 amide bonds. The first-order valence-corrected chi connectivity index (χ1v) is 16.0. The van der Waals surface area contributed by atoms with Gasteiger partial charge in [0.1, 0.15) is 0 Å². The van der Waals surface area contributed by atoms with Crippen LogP contribution in [-0.2, 0) is 32.2 Å². The molecule has 3 N–H and O–H groups in total. The number of aliphatic hydroxyl groups is 1. The van der Waals surface area contributed by atoms with Gasteiger partial charge in [0, 0.05) is 49.5 Å². The summed E-state index contributed by atoms with van der Waals surface area (Å²) in [6.07, 6.45) is 4.75. The summed E-state index contributed by atoms with van der Waals surface area (Å²) in [6, 6.07) is 25.8. The Hall–Kier alpha value is -4.09. The number of aromatic nitrogens is 2. The number of rotatable bonds is 14. The van der Waals surface area contributed by atoms with Crippen LogP contribution in [0.25, 0.3) is 11.1 Å². The lowest BCUT2D eigenvalue weighted by molar-refractivity contribution is -0.245. The summed E-state index contributed by atoms with van der Waals surface area (Å²) in [6.45, 7) is 0.398. The van der Waals surface area contributed by atoms with Gasteiger partial charge in [-0.15, -0.1) is 0 Å². The fourth-order valence-electron chi connectivity index (χ4n) is 5.09. The van der Waals surface area contributed by atoms with Crippen LogP contribution in [0.1, 0.15) is 66.8 Å². The van der Waals surface area contributed by atoms with Crippen LogP contribution in [0, 0.1) is 0 Å². The van der Waals surface area contributed by atoms with Crippen molar-refractivity contribution in [1.82, 2.24) is 15.3 Å². The Balaban J connectivity index is 1.24. The van der Waals surface area contributed by atoms with Gasteiger partial charge in [-0.25, -0.2) is 9.97 Å². The van der Waals surface area contributed by atoms with E-state index in [1.165, 1.54) is 0 Å². The molecule has 9 nitrogen and oxygen atoms in total. The van der Waals surface area contributed by atoms with Crippen molar-refractivity contribution >= 4 is 23.6 Å². The molecule has 0 bridgehead atoms. The minimum atomic E-state index is -0.842. The standard InChI is InChI=1S/C35H37N3O6S/c39-22-24-9-11-27(12-10-24)31-20-30(23-45-35-36-17-4-18-37-35)43-34(44-31)28-15-13-26(14-16-28)29-6-3-5-25(19-29)21-38-32(40)7-1-2-8-33(41)42/h3-6,9-19,30-31,34,39H,1-2,7-8,20-23H2,(H,38,40)(H,41,42)/t30-,31+,34+/m0/s1. The number of nitrogens with zero attached hydrogens (tertiary/aromatic N) is 2. The second kappa shape index (κ2) is 16.3. The van der Waals surface area contributed by atoms with Crippen LogP contribution in [-0.4, -0.2) is 43.9 Å². The second-order valence-electron chi connectivity index (χ2n) is 10.9. The first kappa shape index (κ1) is 32.3. The number of amides is 1. The van der Waals surface area contributed by atoms with Gasteiger partial charge in [-0.1, -0.05) is 78.5 Å². The zero-order valence-electron chi connectivity index (χ0n) is 24.9. The number of carboxylic acids is 1. The quantitative estimate of drug-likeness (QED) is 0.0845. The molecule has 1 aliphatic rings. The van der Waals surface area contributed by atoms with Gasteiger partial charge in [-0.2, -0.15) is 0 Å². The van der Waals surface area contributed by atoms with Gasteiger partial charge in [-0.3, -0.25) is 9.59 Å². The van der Waals surface area contributed by atoms with Crippen molar-refractivity contribution in [1.29, 1.82) is 0 Å². The molecule has 0 radical (unpaired) electrons. The number of ether oxygens (including phenoxy) is 2. The van der Waals surface area contributed by atoms with Crippen LogP contribution in [0.5, 0.6) is 0 Å². The summed E-state index contributed by atoms with van der Waals surface area (Å²) in [5.41, 5.74) is 5.83. The third-order valence-corrected chi connectivity index (χ3v) is 8.54. The molecular formula is C35H37N3O6S. The molecule has 4 aromatic rings. The highest BCUT2D eigenvalue weighted by molar-refractivity contribution is 7.99. The van der Waals surface area contributed by atoms with Gasteiger partial charge in [0.2, 0.25) is 5.91 Å². The van der Waals surface area contributed by atoms with E-state index >= 15 is 0 Å².